The first-order valence-corrected chi connectivity index (χ1v) is 11.0. The van der Waals surface area contributed by atoms with Gasteiger partial charge in [-0.05, 0) is 84.3 Å². The molecular weight excluding hydrogens is 368 g/mol. The molecule has 0 fully saturated rings. The summed E-state index contributed by atoms with van der Waals surface area (Å²) in [6.45, 7) is 4.42. The standard InChI is InChI=1S/C28H24S/c1-19-13-25-26-17-23(15-21-9-5-3-6-10-21)24(16-22-11-7-4-8-12-22)18-28(26)29-27(25)14-20(19)2/h3-14,17-18H,15-16H2,1-2H3. The highest BCUT2D eigenvalue weighted by molar-refractivity contribution is 7.25. The lowest BCUT2D eigenvalue weighted by molar-refractivity contribution is 1.10. The van der Waals surface area contributed by atoms with Gasteiger partial charge in [-0.3, -0.25) is 0 Å². The Bertz CT molecular complexity index is 1290. The van der Waals surface area contributed by atoms with Gasteiger partial charge in [-0.2, -0.15) is 0 Å². The second-order valence-electron chi connectivity index (χ2n) is 7.98. The predicted octanol–water partition coefficient (Wildman–Crippen LogP) is 7.85. The highest BCUT2D eigenvalue weighted by Gasteiger charge is 2.12. The Hall–Kier alpha value is -2.90. The number of thiophene rings is 1. The molecule has 1 heterocycles. The molecule has 0 aliphatic rings. The Labute approximate surface area is 176 Å². The van der Waals surface area contributed by atoms with E-state index in [0.29, 0.717) is 0 Å². The Morgan fingerprint density at radius 2 is 1.03 bits per heavy atom. The van der Waals surface area contributed by atoms with Gasteiger partial charge in [0.1, 0.15) is 0 Å². The molecule has 0 nitrogen and oxygen atoms in total. The summed E-state index contributed by atoms with van der Waals surface area (Å²) in [4.78, 5) is 0. The van der Waals surface area contributed by atoms with Gasteiger partial charge in [-0.15, -0.1) is 11.3 Å². The zero-order valence-corrected chi connectivity index (χ0v) is 17.7. The number of rotatable bonds is 4. The van der Waals surface area contributed by atoms with Gasteiger partial charge in [0.2, 0.25) is 0 Å². The Balaban J connectivity index is 1.69. The number of hydrogen-bond acceptors (Lipinski definition) is 1. The summed E-state index contributed by atoms with van der Waals surface area (Å²) < 4.78 is 2.79. The molecule has 142 valence electrons. The molecule has 5 rings (SSSR count). The topological polar surface area (TPSA) is 0 Å². The quantitative estimate of drug-likeness (QED) is 0.292. The smallest absolute Gasteiger partial charge is 0.0358 e. The van der Waals surface area contributed by atoms with Crippen molar-refractivity contribution in [3.05, 3.63) is 118 Å². The molecule has 0 unspecified atom stereocenters. The van der Waals surface area contributed by atoms with Gasteiger partial charge >= 0.3 is 0 Å². The molecule has 0 saturated heterocycles. The number of aryl methyl sites for hydroxylation is 2. The molecule has 0 aliphatic heterocycles. The van der Waals surface area contributed by atoms with Crippen molar-refractivity contribution in [3.8, 4) is 0 Å². The molecule has 0 radical (unpaired) electrons. The molecule has 4 aromatic carbocycles. The van der Waals surface area contributed by atoms with Crippen molar-refractivity contribution >= 4 is 31.5 Å². The summed E-state index contributed by atoms with van der Waals surface area (Å²) in [5.74, 6) is 0. The Kier molecular flexibility index (Phi) is 4.69. The summed E-state index contributed by atoms with van der Waals surface area (Å²) in [5, 5.41) is 2.80. The van der Waals surface area contributed by atoms with Gasteiger partial charge < -0.3 is 0 Å². The fraction of sp³-hybridized carbons (Fsp3) is 0.143. The highest BCUT2D eigenvalue weighted by Crippen LogP contribution is 2.38. The van der Waals surface area contributed by atoms with Crippen molar-refractivity contribution in [1.82, 2.24) is 0 Å². The Morgan fingerprint density at radius 3 is 1.66 bits per heavy atom. The van der Waals surface area contributed by atoms with Crippen molar-refractivity contribution in [2.75, 3.05) is 0 Å². The lowest BCUT2D eigenvalue weighted by Crippen LogP contribution is -1.97. The van der Waals surface area contributed by atoms with Crippen molar-refractivity contribution in [2.45, 2.75) is 26.7 Å². The fourth-order valence-corrected chi connectivity index (χ4v) is 5.36. The third-order valence-electron chi connectivity index (χ3n) is 5.88. The van der Waals surface area contributed by atoms with Gasteiger partial charge in [-0.1, -0.05) is 60.7 Å². The van der Waals surface area contributed by atoms with E-state index in [-0.39, 0.29) is 0 Å². The van der Waals surface area contributed by atoms with Crippen LogP contribution in [0.15, 0.2) is 84.9 Å². The molecule has 29 heavy (non-hydrogen) atoms. The lowest BCUT2D eigenvalue weighted by Gasteiger charge is -2.11. The van der Waals surface area contributed by atoms with Crippen molar-refractivity contribution < 1.29 is 0 Å². The van der Waals surface area contributed by atoms with E-state index < -0.39 is 0 Å². The third kappa shape index (κ3) is 3.59. The van der Waals surface area contributed by atoms with Crippen LogP contribution in [0.4, 0.5) is 0 Å². The summed E-state index contributed by atoms with van der Waals surface area (Å²) in [7, 11) is 0. The van der Waals surface area contributed by atoms with Crippen LogP contribution < -0.4 is 0 Å². The van der Waals surface area contributed by atoms with Crippen LogP contribution in [0.2, 0.25) is 0 Å². The van der Waals surface area contributed by atoms with Gasteiger partial charge in [0, 0.05) is 20.2 Å². The van der Waals surface area contributed by atoms with Crippen LogP contribution in [0.5, 0.6) is 0 Å². The van der Waals surface area contributed by atoms with Crippen molar-refractivity contribution in [2.24, 2.45) is 0 Å². The lowest BCUT2D eigenvalue weighted by atomic mass is 9.93. The van der Waals surface area contributed by atoms with E-state index in [9.17, 15) is 0 Å². The molecule has 0 amide bonds. The zero-order chi connectivity index (χ0) is 19.8. The van der Waals surface area contributed by atoms with E-state index in [1.165, 1.54) is 53.6 Å². The number of fused-ring (bicyclic) bond motifs is 3. The normalized spacial score (nSPS) is 11.4. The van der Waals surface area contributed by atoms with Gasteiger partial charge in [0.05, 0.1) is 0 Å². The minimum absolute atomic E-state index is 0.973. The molecular formula is C28H24S. The first-order valence-electron chi connectivity index (χ1n) is 10.2. The number of hydrogen-bond donors (Lipinski definition) is 0. The van der Waals surface area contributed by atoms with Crippen LogP contribution in [0, 0.1) is 13.8 Å². The van der Waals surface area contributed by atoms with E-state index in [4.69, 9.17) is 0 Å². The summed E-state index contributed by atoms with van der Waals surface area (Å²) in [6.07, 6.45) is 1.95. The molecule has 0 bridgehead atoms. The summed E-state index contributed by atoms with van der Waals surface area (Å²) in [6, 6.07) is 31.3. The maximum Gasteiger partial charge on any atom is 0.0358 e. The molecule has 5 aromatic rings. The minimum Gasteiger partial charge on any atom is -0.135 e. The average molecular weight is 393 g/mol. The largest absolute Gasteiger partial charge is 0.135 e. The van der Waals surface area contributed by atoms with E-state index in [1.54, 1.807) is 0 Å². The maximum absolute atomic E-state index is 2.45. The SMILES string of the molecule is Cc1cc2sc3cc(Cc4ccccc4)c(Cc4ccccc4)cc3c2cc1C. The molecule has 0 saturated carbocycles. The third-order valence-corrected chi connectivity index (χ3v) is 7.00. The number of benzene rings is 4. The van der Waals surface area contributed by atoms with Crippen LogP contribution in [0.3, 0.4) is 0 Å². The maximum atomic E-state index is 2.45. The monoisotopic (exact) mass is 392 g/mol. The average Bonchev–Trinajstić information content (AvgIpc) is 3.06. The first-order chi connectivity index (χ1) is 14.2. The molecule has 0 N–H and O–H groups in total. The highest BCUT2D eigenvalue weighted by atomic mass is 32.1. The van der Waals surface area contributed by atoms with E-state index in [1.807, 2.05) is 11.3 Å². The second kappa shape index (κ2) is 7.50. The predicted molar refractivity (Wildman–Crippen MR) is 127 cm³/mol. The molecule has 0 aliphatic carbocycles. The van der Waals surface area contributed by atoms with Gasteiger partial charge in [-0.25, -0.2) is 0 Å². The zero-order valence-electron chi connectivity index (χ0n) is 16.9. The van der Waals surface area contributed by atoms with E-state index in [0.717, 1.165) is 12.8 Å². The Morgan fingerprint density at radius 1 is 0.552 bits per heavy atom. The van der Waals surface area contributed by atoms with Gasteiger partial charge in [0.15, 0.2) is 0 Å². The summed E-state index contributed by atoms with van der Waals surface area (Å²) >= 11 is 1.92. The molecule has 1 aromatic heterocycles. The van der Waals surface area contributed by atoms with Crippen LogP contribution in [0.1, 0.15) is 33.4 Å². The van der Waals surface area contributed by atoms with Crippen LogP contribution in [-0.2, 0) is 12.8 Å². The molecule has 1 heteroatoms. The van der Waals surface area contributed by atoms with Crippen LogP contribution in [-0.4, -0.2) is 0 Å². The van der Waals surface area contributed by atoms with Crippen LogP contribution in [0.25, 0.3) is 20.2 Å². The first kappa shape index (κ1) is 18.1. The minimum atomic E-state index is 0.973. The van der Waals surface area contributed by atoms with E-state index >= 15 is 0 Å². The van der Waals surface area contributed by atoms with Crippen molar-refractivity contribution in [3.63, 3.8) is 0 Å². The van der Waals surface area contributed by atoms with E-state index in [2.05, 4.69) is 98.8 Å². The fourth-order valence-electron chi connectivity index (χ4n) is 4.13. The van der Waals surface area contributed by atoms with Crippen LogP contribution >= 0.6 is 11.3 Å². The van der Waals surface area contributed by atoms with Crippen molar-refractivity contribution in [1.29, 1.82) is 0 Å². The summed E-state index contributed by atoms with van der Waals surface area (Å²) in [5.41, 5.74) is 8.35. The molecule has 0 atom stereocenters. The molecule has 0 spiro atoms. The second-order valence-corrected chi connectivity index (χ2v) is 9.06. The van der Waals surface area contributed by atoms with Gasteiger partial charge in [0.25, 0.3) is 0 Å².